The third-order valence-corrected chi connectivity index (χ3v) is 6.97. The number of nitrogens with one attached hydrogen (secondary N) is 2. The normalized spacial score (nSPS) is 33.3. The molecule has 6 heteroatoms. The van der Waals surface area contributed by atoms with E-state index in [0.29, 0.717) is 20.8 Å². The smallest absolute Gasteiger partial charge is 0.232 e. The molecule has 2 N–H and O–H groups in total. The van der Waals surface area contributed by atoms with Gasteiger partial charge >= 0.3 is 0 Å². The molecule has 3 nitrogen and oxygen atoms in total. The van der Waals surface area contributed by atoms with Gasteiger partial charge in [0.1, 0.15) is 0 Å². The van der Waals surface area contributed by atoms with Gasteiger partial charge in [-0.1, -0.05) is 29.3 Å². The number of anilines is 1. The van der Waals surface area contributed by atoms with Crippen molar-refractivity contribution >= 4 is 52.1 Å². The summed E-state index contributed by atoms with van der Waals surface area (Å²) in [4.78, 5) is 13.0. The lowest BCUT2D eigenvalue weighted by atomic mass is 9.49. The Bertz CT molecular complexity index is 671. The van der Waals surface area contributed by atoms with Crippen molar-refractivity contribution in [1.82, 2.24) is 5.32 Å². The van der Waals surface area contributed by atoms with Gasteiger partial charge in [0, 0.05) is 0 Å². The van der Waals surface area contributed by atoms with Crippen LogP contribution in [0.5, 0.6) is 0 Å². The first-order chi connectivity index (χ1) is 11.4. The molecule has 1 aromatic rings. The Labute approximate surface area is 157 Å². The fraction of sp³-hybridized carbons (Fsp3) is 0.556. The number of halogens is 2. The monoisotopic (exact) mass is 382 g/mol. The molecule has 0 saturated heterocycles. The first-order valence-corrected chi connectivity index (χ1v) is 9.68. The molecule has 0 heterocycles. The second kappa shape index (κ2) is 6.15. The Morgan fingerprint density at radius 1 is 1.08 bits per heavy atom. The van der Waals surface area contributed by atoms with Gasteiger partial charge < -0.3 is 10.6 Å². The van der Waals surface area contributed by atoms with Crippen LogP contribution in [0.2, 0.25) is 10.0 Å². The van der Waals surface area contributed by atoms with Gasteiger partial charge in [-0.15, -0.1) is 0 Å². The summed E-state index contributed by atoms with van der Waals surface area (Å²) in [6.07, 6.45) is 7.00. The van der Waals surface area contributed by atoms with E-state index in [1.165, 1.54) is 19.3 Å². The molecule has 4 aliphatic rings. The molecule has 0 unspecified atom stereocenters. The van der Waals surface area contributed by atoms with E-state index in [9.17, 15) is 4.79 Å². The van der Waals surface area contributed by atoms with Gasteiger partial charge in [-0.05, 0) is 80.6 Å². The molecule has 128 valence electrons. The van der Waals surface area contributed by atoms with Crippen LogP contribution in [-0.4, -0.2) is 11.0 Å². The Kier molecular flexibility index (Phi) is 4.26. The van der Waals surface area contributed by atoms with Crippen molar-refractivity contribution in [2.45, 2.75) is 38.5 Å². The number of benzene rings is 1. The summed E-state index contributed by atoms with van der Waals surface area (Å²) >= 11 is 17.5. The maximum absolute atomic E-state index is 13.0. The van der Waals surface area contributed by atoms with Gasteiger partial charge in [0.2, 0.25) is 5.91 Å². The zero-order chi connectivity index (χ0) is 16.9. The van der Waals surface area contributed by atoms with E-state index in [1.807, 2.05) is 0 Å². The molecule has 1 aromatic carbocycles. The van der Waals surface area contributed by atoms with Gasteiger partial charge in [0.05, 0.1) is 21.1 Å². The SMILES string of the molecule is O=C(NC(=S)Nc1cccc(Cl)c1Cl)C12CC3CC(CC(C3)C1)C2. The van der Waals surface area contributed by atoms with Crippen molar-refractivity contribution in [2.75, 3.05) is 5.32 Å². The molecule has 4 aliphatic carbocycles. The quantitative estimate of drug-likeness (QED) is 0.705. The number of hydrogen-bond donors (Lipinski definition) is 2. The van der Waals surface area contributed by atoms with Crippen molar-refractivity contribution in [2.24, 2.45) is 23.2 Å². The highest BCUT2D eigenvalue weighted by molar-refractivity contribution is 7.80. The molecule has 0 aliphatic heterocycles. The van der Waals surface area contributed by atoms with Crippen LogP contribution in [0.25, 0.3) is 0 Å². The summed E-state index contributed by atoms with van der Waals surface area (Å²) in [5.74, 6) is 2.26. The molecule has 0 aromatic heterocycles. The third-order valence-electron chi connectivity index (χ3n) is 5.95. The van der Waals surface area contributed by atoms with E-state index >= 15 is 0 Å². The molecule has 1 amide bonds. The number of rotatable bonds is 2. The van der Waals surface area contributed by atoms with E-state index in [1.54, 1.807) is 18.2 Å². The highest BCUT2D eigenvalue weighted by Crippen LogP contribution is 2.60. The summed E-state index contributed by atoms with van der Waals surface area (Å²) < 4.78 is 0. The highest BCUT2D eigenvalue weighted by Gasteiger charge is 2.54. The van der Waals surface area contributed by atoms with Gasteiger partial charge in [-0.25, -0.2) is 0 Å². The Morgan fingerprint density at radius 3 is 2.25 bits per heavy atom. The van der Waals surface area contributed by atoms with Crippen LogP contribution in [0.1, 0.15) is 38.5 Å². The zero-order valence-electron chi connectivity index (χ0n) is 13.3. The van der Waals surface area contributed by atoms with E-state index in [2.05, 4.69) is 10.6 Å². The first kappa shape index (κ1) is 16.6. The molecular formula is C18H20Cl2N2OS. The minimum atomic E-state index is -0.210. The van der Waals surface area contributed by atoms with Gasteiger partial charge in [0.25, 0.3) is 0 Å². The second-order valence-corrected chi connectivity index (χ2v) is 8.90. The van der Waals surface area contributed by atoms with Gasteiger partial charge in [-0.2, -0.15) is 0 Å². The van der Waals surface area contributed by atoms with Crippen molar-refractivity contribution in [1.29, 1.82) is 0 Å². The lowest BCUT2D eigenvalue weighted by Crippen LogP contribution is -2.55. The minimum absolute atomic E-state index is 0.0808. The van der Waals surface area contributed by atoms with Crippen molar-refractivity contribution in [3.63, 3.8) is 0 Å². The molecule has 4 fully saturated rings. The predicted molar refractivity (Wildman–Crippen MR) is 101 cm³/mol. The molecule has 4 bridgehead atoms. The Hall–Kier alpha value is -0.840. The number of carbonyl (C=O) groups excluding carboxylic acids is 1. The summed E-state index contributed by atoms with van der Waals surface area (Å²) in [6.45, 7) is 0. The highest BCUT2D eigenvalue weighted by atomic mass is 35.5. The standard InChI is InChI=1S/C18H20Cl2N2OS/c19-13-2-1-3-14(15(13)20)21-17(24)22-16(23)18-7-10-4-11(8-18)6-12(5-10)9-18/h1-3,10-12H,4-9H2,(H2,21,22,23,24). The zero-order valence-corrected chi connectivity index (χ0v) is 15.6. The molecule has 5 rings (SSSR count). The third kappa shape index (κ3) is 2.93. The summed E-state index contributed by atoms with van der Waals surface area (Å²) in [6, 6.07) is 5.30. The van der Waals surface area contributed by atoms with Gasteiger partial charge in [-0.3, -0.25) is 4.79 Å². The number of thiocarbonyl (C=S) groups is 1. The second-order valence-electron chi connectivity index (χ2n) is 7.71. The number of amides is 1. The maximum Gasteiger partial charge on any atom is 0.232 e. The predicted octanol–water partition coefficient (Wildman–Crippen LogP) is 5.02. The van der Waals surface area contributed by atoms with Crippen LogP contribution in [-0.2, 0) is 4.79 Å². The van der Waals surface area contributed by atoms with E-state index in [4.69, 9.17) is 35.4 Å². The average Bonchev–Trinajstić information content (AvgIpc) is 2.50. The van der Waals surface area contributed by atoms with Crippen LogP contribution < -0.4 is 10.6 Å². The van der Waals surface area contributed by atoms with Crippen LogP contribution in [0.15, 0.2) is 18.2 Å². The molecular weight excluding hydrogens is 363 g/mol. The fourth-order valence-electron chi connectivity index (χ4n) is 5.38. The maximum atomic E-state index is 13.0. The molecule has 0 atom stereocenters. The lowest BCUT2D eigenvalue weighted by molar-refractivity contribution is -0.144. The number of carbonyl (C=O) groups is 1. The molecule has 24 heavy (non-hydrogen) atoms. The Morgan fingerprint density at radius 2 is 1.67 bits per heavy atom. The fourth-order valence-corrected chi connectivity index (χ4v) is 5.93. The lowest BCUT2D eigenvalue weighted by Gasteiger charge is -2.55. The van der Waals surface area contributed by atoms with Crippen molar-refractivity contribution in [3.8, 4) is 0 Å². The van der Waals surface area contributed by atoms with Crippen molar-refractivity contribution < 1.29 is 4.79 Å². The average molecular weight is 383 g/mol. The largest absolute Gasteiger partial charge is 0.331 e. The molecule has 4 saturated carbocycles. The summed E-state index contributed by atoms with van der Waals surface area (Å²) in [7, 11) is 0. The summed E-state index contributed by atoms with van der Waals surface area (Å²) in [5.41, 5.74) is 0.401. The Balaban J connectivity index is 1.44. The van der Waals surface area contributed by atoms with Crippen LogP contribution in [0.4, 0.5) is 5.69 Å². The van der Waals surface area contributed by atoms with E-state index in [0.717, 1.165) is 37.0 Å². The topological polar surface area (TPSA) is 41.1 Å². The van der Waals surface area contributed by atoms with Crippen LogP contribution in [0.3, 0.4) is 0 Å². The first-order valence-electron chi connectivity index (χ1n) is 8.52. The van der Waals surface area contributed by atoms with Crippen LogP contribution >= 0.6 is 35.4 Å². The van der Waals surface area contributed by atoms with E-state index in [-0.39, 0.29) is 11.3 Å². The molecule has 0 radical (unpaired) electrons. The van der Waals surface area contributed by atoms with Crippen molar-refractivity contribution in [3.05, 3.63) is 28.2 Å². The molecule has 0 spiro atoms. The van der Waals surface area contributed by atoms with E-state index < -0.39 is 0 Å². The van der Waals surface area contributed by atoms with Gasteiger partial charge in [0.15, 0.2) is 5.11 Å². The van der Waals surface area contributed by atoms with Crippen LogP contribution in [0, 0.1) is 23.2 Å². The number of hydrogen-bond acceptors (Lipinski definition) is 2. The minimum Gasteiger partial charge on any atom is -0.331 e. The summed E-state index contributed by atoms with van der Waals surface area (Å²) in [5, 5.41) is 7.06.